The van der Waals surface area contributed by atoms with Crippen molar-refractivity contribution in [2.24, 2.45) is 0 Å². The summed E-state index contributed by atoms with van der Waals surface area (Å²) in [5, 5.41) is 4.50. The molecule has 2 rings (SSSR count). The van der Waals surface area contributed by atoms with E-state index in [2.05, 4.69) is 16.2 Å². The number of thiophene rings is 1. The molecule has 2 aromatic rings. The Hall–Kier alpha value is -2.74. The fraction of sp³-hybridized carbons (Fsp3) is 0.188. The van der Waals surface area contributed by atoms with Gasteiger partial charge in [-0.2, -0.15) is 0 Å². The summed E-state index contributed by atoms with van der Waals surface area (Å²) in [5.74, 6) is -2.00. The molecule has 3 N–H and O–H groups in total. The van der Waals surface area contributed by atoms with Crippen LogP contribution in [0.1, 0.15) is 32.9 Å². The van der Waals surface area contributed by atoms with Crippen molar-refractivity contribution in [3.63, 3.8) is 0 Å². The van der Waals surface area contributed by atoms with Crippen LogP contribution in [0, 0.1) is 5.82 Å². The van der Waals surface area contributed by atoms with Gasteiger partial charge in [-0.15, -0.1) is 11.3 Å². The largest absolute Gasteiger partial charge is 0.351 e. The molecule has 0 bridgehead atoms. The zero-order valence-electron chi connectivity index (χ0n) is 12.7. The van der Waals surface area contributed by atoms with Gasteiger partial charge in [-0.1, -0.05) is 18.2 Å². The predicted molar refractivity (Wildman–Crippen MR) is 87.9 cm³/mol. The molecule has 1 aromatic heterocycles. The maximum absolute atomic E-state index is 13.4. The van der Waals surface area contributed by atoms with Gasteiger partial charge in [0.1, 0.15) is 5.82 Å². The molecule has 1 aromatic carbocycles. The van der Waals surface area contributed by atoms with Gasteiger partial charge in [0.15, 0.2) is 0 Å². The smallest absolute Gasteiger partial charge is 0.272 e. The normalized spacial score (nSPS) is 10.0. The highest BCUT2D eigenvalue weighted by Crippen LogP contribution is 2.07. The average Bonchev–Trinajstić information content (AvgIpc) is 3.11. The van der Waals surface area contributed by atoms with Gasteiger partial charge >= 0.3 is 0 Å². The maximum Gasteiger partial charge on any atom is 0.272 e. The van der Waals surface area contributed by atoms with Crippen molar-refractivity contribution < 1.29 is 18.8 Å². The molecule has 0 unspecified atom stereocenters. The second-order valence-corrected chi connectivity index (χ2v) is 5.77. The van der Waals surface area contributed by atoms with Gasteiger partial charge in [0, 0.05) is 13.0 Å². The number of rotatable bonds is 6. The molecular weight excluding hydrogens is 333 g/mol. The van der Waals surface area contributed by atoms with Gasteiger partial charge in [0.05, 0.1) is 10.4 Å². The zero-order valence-corrected chi connectivity index (χ0v) is 13.5. The Morgan fingerprint density at radius 2 is 1.79 bits per heavy atom. The number of hydrogen-bond acceptors (Lipinski definition) is 4. The molecule has 0 saturated heterocycles. The lowest BCUT2D eigenvalue weighted by Crippen LogP contribution is -2.42. The van der Waals surface area contributed by atoms with Crippen LogP contribution in [0.25, 0.3) is 0 Å². The van der Waals surface area contributed by atoms with Crippen molar-refractivity contribution in [3.05, 3.63) is 58.0 Å². The Morgan fingerprint density at radius 1 is 1.00 bits per heavy atom. The molecule has 1 heterocycles. The average molecular weight is 349 g/mol. The van der Waals surface area contributed by atoms with Crippen LogP contribution in [0.3, 0.4) is 0 Å². The second kappa shape index (κ2) is 8.78. The Balaban J connectivity index is 1.64. The van der Waals surface area contributed by atoms with E-state index in [1.165, 1.54) is 29.5 Å². The number of amides is 3. The number of carbonyl (C=O) groups excluding carboxylic acids is 3. The van der Waals surface area contributed by atoms with Gasteiger partial charge in [-0.25, -0.2) is 4.39 Å². The molecule has 0 aliphatic heterocycles. The van der Waals surface area contributed by atoms with Crippen molar-refractivity contribution in [2.45, 2.75) is 12.8 Å². The van der Waals surface area contributed by atoms with Crippen molar-refractivity contribution in [1.29, 1.82) is 0 Å². The quantitative estimate of drug-likeness (QED) is 0.549. The number of carbonyl (C=O) groups is 3. The first-order valence-corrected chi connectivity index (χ1v) is 8.11. The van der Waals surface area contributed by atoms with E-state index in [9.17, 15) is 18.8 Å². The number of hydrogen-bond donors (Lipinski definition) is 3. The van der Waals surface area contributed by atoms with Gasteiger partial charge in [-0.3, -0.25) is 25.2 Å². The Kier molecular flexibility index (Phi) is 6.44. The Bertz CT molecular complexity index is 719. The molecule has 0 aliphatic rings. The minimum atomic E-state index is -0.729. The molecule has 0 radical (unpaired) electrons. The topological polar surface area (TPSA) is 87.3 Å². The van der Waals surface area contributed by atoms with Crippen LogP contribution in [-0.2, 0) is 4.79 Å². The van der Waals surface area contributed by atoms with E-state index >= 15 is 0 Å². The first kappa shape index (κ1) is 17.6. The van der Waals surface area contributed by atoms with Crippen LogP contribution >= 0.6 is 11.3 Å². The molecule has 24 heavy (non-hydrogen) atoms. The summed E-state index contributed by atoms with van der Waals surface area (Å²) >= 11 is 1.34. The van der Waals surface area contributed by atoms with Crippen molar-refractivity contribution >= 4 is 29.1 Å². The zero-order chi connectivity index (χ0) is 17.4. The van der Waals surface area contributed by atoms with Crippen molar-refractivity contribution in [3.8, 4) is 0 Å². The Labute approximate surface area is 142 Å². The molecule has 6 nitrogen and oxygen atoms in total. The molecule has 8 heteroatoms. The number of halogens is 1. The second-order valence-electron chi connectivity index (χ2n) is 4.82. The van der Waals surface area contributed by atoms with E-state index in [0.717, 1.165) is 6.07 Å². The minimum Gasteiger partial charge on any atom is -0.351 e. The summed E-state index contributed by atoms with van der Waals surface area (Å²) < 4.78 is 13.4. The third kappa shape index (κ3) is 5.17. The van der Waals surface area contributed by atoms with Crippen LogP contribution in [0.15, 0.2) is 41.8 Å². The maximum atomic E-state index is 13.4. The summed E-state index contributed by atoms with van der Waals surface area (Å²) in [6.07, 6.45) is 0.529. The molecule has 3 amide bonds. The predicted octanol–water partition coefficient (Wildman–Crippen LogP) is 1.86. The van der Waals surface area contributed by atoms with E-state index in [0.29, 0.717) is 17.8 Å². The van der Waals surface area contributed by atoms with Gasteiger partial charge in [0.2, 0.25) is 5.91 Å². The van der Waals surface area contributed by atoms with E-state index < -0.39 is 17.6 Å². The first-order chi connectivity index (χ1) is 11.6. The van der Waals surface area contributed by atoms with Crippen LogP contribution < -0.4 is 16.2 Å². The van der Waals surface area contributed by atoms with Crippen molar-refractivity contribution in [1.82, 2.24) is 16.2 Å². The van der Waals surface area contributed by atoms with E-state index in [-0.39, 0.29) is 17.9 Å². The number of benzene rings is 1. The summed E-state index contributed by atoms with van der Waals surface area (Å²) in [5.41, 5.74) is 4.20. The fourth-order valence-electron chi connectivity index (χ4n) is 1.85. The van der Waals surface area contributed by atoms with Crippen molar-refractivity contribution in [2.75, 3.05) is 6.54 Å². The Morgan fingerprint density at radius 3 is 2.50 bits per heavy atom. The number of nitrogens with one attached hydrogen (secondary N) is 3. The van der Waals surface area contributed by atoms with Crippen LogP contribution in [0.4, 0.5) is 4.39 Å². The van der Waals surface area contributed by atoms with Gasteiger partial charge in [-0.05, 0) is 30.0 Å². The summed E-state index contributed by atoms with van der Waals surface area (Å²) in [6.45, 7) is 0.339. The summed E-state index contributed by atoms with van der Waals surface area (Å²) in [4.78, 5) is 35.6. The SMILES string of the molecule is O=C(CCCNC(=O)c1cccs1)NNC(=O)c1ccccc1F. The molecule has 126 valence electrons. The lowest BCUT2D eigenvalue weighted by molar-refractivity contribution is -0.121. The highest BCUT2D eigenvalue weighted by atomic mass is 32.1. The minimum absolute atomic E-state index is 0.113. The van der Waals surface area contributed by atoms with E-state index in [1.807, 2.05) is 0 Å². The highest BCUT2D eigenvalue weighted by molar-refractivity contribution is 7.12. The monoisotopic (exact) mass is 349 g/mol. The van der Waals surface area contributed by atoms with Gasteiger partial charge in [0.25, 0.3) is 11.8 Å². The molecular formula is C16H16FN3O3S. The highest BCUT2D eigenvalue weighted by Gasteiger charge is 2.11. The molecule has 0 saturated carbocycles. The third-order valence-corrected chi connectivity index (χ3v) is 3.91. The third-order valence-electron chi connectivity index (χ3n) is 3.05. The van der Waals surface area contributed by atoms with Crippen LogP contribution in [0.2, 0.25) is 0 Å². The molecule has 0 fully saturated rings. The lowest BCUT2D eigenvalue weighted by Gasteiger charge is -2.08. The standard InChI is InChI=1S/C16H16FN3O3S/c17-12-6-2-1-5-11(12)15(22)20-19-14(21)8-3-9-18-16(23)13-7-4-10-24-13/h1-2,4-7,10H,3,8-9H2,(H,18,23)(H,19,21)(H,20,22). The van der Waals surface area contributed by atoms with Gasteiger partial charge < -0.3 is 5.32 Å². The molecule has 0 aliphatic carbocycles. The lowest BCUT2D eigenvalue weighted by atomic mass is 10.2. The van der Waals surface area contributed by atoms with E-state index in [1.54, 1.807) is 17.5 Å². The fourth-order valence-corrected chi connectivity index (χ4v) is 2.49. The molecule has 0 atom stereocenters. The van der Waals surface area contributed by atoms with E-state index in [4.69, 9.17) is 0 Å². The summed E-state index contributed by atoms with van der Waals surface area (Å²) in [6, 6.07) is 8.96. The van der Waals surface area contributed by atoms with Crippen LogP contribution in [0.5, 0.6) is 0 Å². The van der Waals surface area contributed by atoms with Crippen LogP contribution in [-0.4, -0.2) is 24.3 Å². The summed E-state index contributed by atoms with van der Waals surface area (Å²) in [7, 11) is 0. The first-order valence-electron chi connectivity index (χ1n) is 7.23. The number of hydrazine groups is 1. The molecule has 0 spiro atoms.